The number of nitrogens with one attached hydrogen (secondary N) is 1. The van der Waals surface area contributed by atoms with E-state index in [9.17, 15) is 27.7 Å². The van der Waals surface area contributed by atoms with Gasteiger partial charge in [0.05, 0.1) is 16.6 Å². The lowest BCUT2D eigenvalue weighted by molar-refractivity contribution is -0.388. The van der Waals surface area contributed by atoms with Crippen molar-refractivity contribution in [3.05, 3.63) is 57.9 Å². The molecule has 0 bridgehead atoms. The van der Waals surface area contributed by atoms with Crippen LogP contribution in [-0.4, -0.2) is 32.5 Å². The van der Waals surface area contributed by atoms with Crippen molar-refractivity contribution >= 4 is 21.6 Å². The van der Waals surface area contributed by atoms with Crippen LogP contribution in [0.15, 0.2) is 41.3 Å². The molecule has 2 aromatic rings. The second-order valence-electron chi connectivity index (χ2n) is 5.13. The van der Waals surface area contributed by atoms with E-state index < -0.39 is 37.3 Å². The smallest absolute Gasteiger partial charge is 0.292 e. The number of sulfonamides is 1. The Hall–Kier alpha value is -3.21. The van der Waals surface area contributed by atoms with Crippen molar-refractivity contribution in [2.75, 3.05) is 13.2 Å². The molecule has 0 fully saturated rings. The van der Waals surface area contributed by atoms with Gasteiger partial charge in [0.1, 0.15) is 19.0 Å². The third kappa shape index (κ3) is 3.28. The predicted molar refractivity (Wildman–Crippen MR) is 85.1 cm³/mol. The highest BCUT2D eigenvalue weighted by Gasteiger charge is 2.30. The molecule has 11 heteroatoms. The first kappa shape index (κ1) is 17.6. The Morgan fingerprint density at radius 3 is 2.65 bits per heavy atom. The molecule has 9 nitrogen and oxygen atoms in total. The molecular formula is C15H11FN2O7S. The van der Waals surface area contributed by atoms with Crippen LogP contribution in [0.4, 0.5) is 10.1 Å². The summed E-state index contributed by atoms with van der Waals surface area (Å²) in [6.07, 6.45) is 0. The summed E-state index contributed by atoms with van der Waals surface area (Å²) in [4.78, 5) is 21.5. The number of halogens is 1. The van der Waals surface area contributed by atoms with Crippen molar-refractivity contribution in [3.8, 4) is 11.5 Å². The Kier molecular flexibility index (Phi) is 4.47. The number of rotatable bonds is 4. The number of carbonyl (C=O) groups excluding carboxylic acids is 1. The van der Waals surface area contributed by atoms with Crippen molar-refractivity contribution in [2.24, 2.45) is 0 Å². The molecule has 1 aliphatic heterocycles. The fourth-order valence-electron chi connectivity index (χ4n) is 2.34. The molecule has 0 aromatic heterocycles. The van der Waals surface area contributed by atoms with Crippen LogP contribution in [0.25, 0.3) is 0 Å². The maximum atomic E-state index is 13.2. The highest BCUT2D eigenvalue weighted by Crippen LogP contribution is 2.34. The minimum atomic E-state index is -4.63. The van der Waals surface area contributed by atoms with E-state index in [1.165, 1.54) is 12.1 Å². The van der Waals surface area contributed by atoms with Gasteiger partial charge in [-0.2, -0.15) is 0 Å². The molecule has 1 heterocycles. The third-order valence-corrected chi connectivity index (χ3v) is 4.82. The van der Waals surface area contributed by atoms with Crippen LogP contribution >= 0.6 is 0 Å². The molecule has 0 unspecified atom stereocenters. The van der Waals surface area contributed by atoms with Crippen molar-refractivity contribution in [1.29, 1.82) is 0 Å². The number of amides is 1. The molecule has 0 spiro atoms. The predicted octanol–water partition coefficient (Wildman–Crippen LogP) is 1.62. The SMILES string of the molecule is O=C(NS(=O)(=O)c1ccc(F)cc1[N+](=O)[O-])c1cccc2c1OCCO2. The number of carbonyl (C=O) groups is 1. The molecule has 0 saturated carbocycles. The quantitative estimate of drug-likeness (QED) is 0.629. The Balaban J connectivity index is 1.96. The van der Waals surface area contributed by atoms with Crippen LogP contribution in [0.1, 0.15) is 10.4 Å². The standard InChI is InChI=1S/C15H11FN2O7S/c16-9-4-5-13(11(8-9)18(20)21)26(22,23)17-15(19)10-2-1-3-12-14(10)25-7-6-24-12/h1-5,8H,6-7H2,(H,17,19). The number of ether oxygens (including phenoxy) is 2. The van der Waals surface area contributed by atoms with Gasteiger partial charge in [0.25, 0.3) is 21.6 Å². The Labute approximate surface area is 146 Å². The van der Waals surface area contributed by atoms with Gasteiger partial charge in [-0.1, -0.05) is 6.07 Å². The first-order valence-corrected chi connectivity index (χ1v) is 8.67. The van der Waals surface area contributed by atoms with Crippen LogP contribution < -0.4 is 14.2 Å². The number of hydrogen-bond acceptors (Lipinski definition) is 7. The summed E-state index contributed by atoms with van der Waals surface area (Å²) in [6.45, 7) is 0.450. The number of hydrogen-bond donors (Lipinski definition) is 1. The normalized spacial score (nSPS) is 13.1. The van der Waals surface area contributed by atoms with Crippen LogP contribution in [0.2, 0.25) is 0 Å². The lowest BCUT2D eigenvalue weighted by Gasteiger charge is -2.20. The molecule has 0 radical (unpaired) electrons. The first-order valence-electron chi connectivity index (χ1n) is 7.19. The molecule has 2 aromatic carbocycles. The highest BCUT2D eigenvalue weighted by atomic mass is 32.2. The van der Waals surface area contributed by atoms with Gasteiger partial charge < -0.3 is 9.47 Å². The number of nitro benzene ring substituents is 1. The zero-order valence-electron chi connectivity index (χ0n) is 13.0. The summed E-state index contributed by atoms with van der Waals surface area (Å²) in [7, 11) is -4.63. The van der Waals surface area contributed by atoms with E-state index in [2.05, 4.69) is 0 Å². The van der Waals surface area contributed by atoms with Crippen molar-refractivity contribution < 1.29 is 32.0 Å². The number of benzene rings is 2. The van der Waals surface area contributed by atoms with Crippen LogP contribution in [0, 0.1) is 15.9 Å². The van der Waals surface area contributed by atoms with Crippen LogP contribution in [-0.2, 0) is 10.0 Å². The minimum Gasteiger partial charge on any atom is -0.486 e. The second kappa shape index (κ2) is 6.59. The third-order valence-electron chi connectivity index (χ3n) is 3.45. The largest absolute Gasteiger partial charge is 0.486 e. The average molecular weight is 382 g/mol. The number of nitro groups is 1. The van der Waals surface area contributed by atoms with Gasteiger partial charge in [0, 0.05) is 0 Å². The molecule has 0 aliphatic carbocycles. The maximum Gasteiger partial charge on any atom is 0.292 e. The Bertz CT molecular complexity index is 1010. The minimum absolute atomic E-state index is 0.0695. The fourth-order valence-corrected chi connectivity index (χ4v) is 3.46. The summed E-state index contributed by atoms with van der Waals surface area (Å²) in [5, 5.41) is 11.0. The van der Waals surface area contributed by atoms with Crippen LogP contribution in [0.3, 0.4) is 0 Å². The van der Waals surface area contributed by atoms with E-state index in [1.807, 2.05) is 0 Å². The zero-order valence-corrected chi connectivity index (χ0v) is 13.8. The van der Waals surface area contributed by atoms with Crippen LogP contribution in [0.5, 0.6) is 11.5 Å². The monoisotopic (exact) mass is 382 g/mol. The van der Waals surface area contributed by atoms with Gasteiger partial charge in [-0.25, -0.2) is 17.5 Å². The Morgan fingerprint density at radius 1 is 1.19 bits per heavy atom. The molecule has 26 heavy (non-hydrogen) atoms. The van der Waals surface area contributed by atoms with Gasteiger partial charge in [-0.15, -0.1) is 0 Å². The highest BCUT2D eigenvalue weighted by molar-refractivity contribution is 7.90. The maximum absolute atomic E-state index is 13.2. The number of fused-ring (bicyclic) bond motifs is 1. The topological polar surface area (TPSA) is 125 Å². The van der Waals surface area contributed by atoms with Crippen molar-refractivity contribution in [1.82, 2.24) is 4.72 Å². The molecule has 0 atom stereocenters. The zero-order chi connectivity index (χ0) is 18.9. The van der Waals surface area contributed by atoms with Gasteiger partial charge >= 0.3 is 0 Å². The van der Waals surface area contributed by atoms with E-state index >= 15 is 0 Å². The van der Waals surface area contributed by atoms with E-state index in [1.54, 1.807) is 10.8 Å². The first-order chi connectivity index (χ1) is 12.3. The van der Waals surface area contributed by atoms with Gasteiger partial charge in [0.2, 0.25) is 0 Å². The lowest BCUT2D eigenvalue weighted by Crippen LogP contribution is -2.32. The number of nitrogens with zero attached hydrogens (tertiary/aromatic N) is 1. The van der Waals surface area contributed by atoms with Gasteiger partial charge in [-0.3, -0.25) is 14.9 Å². The van der Waals surface area contributed by atoms with E-state index in [0.29, 0.717) is 12.1 Å². The summed E-state index contributed by atoms with van der Waals surface area (Å²) in [5.41, 5.74) is -1.10. The van der Waals surface area contributed by atoms with E-state index in [0.717, 1.165) is 6.07 Å². The summed E-state index contributed by atoms with van der Waals surface area (Å²) in [5.74, 6) is -1.70. The molecule has 0 saturated heterocycles. The fraction of sp³-hybridized carbons (Fsp3) is 0.133. The molecule has 136 valence electrons. The van der Waals surface area contributed by atoms with Gasteiger partial charge in [0.15, 0.2) is 16.4 Å². The average Bonchev–Trinajstić information content (AvgIpc) is 2.60. The molecular weight excluding hydrogens is 371 g/mol. The van der Waals surface area contributed by atoms with Crippen molar-refractivity contribution in [2.45, 2.75) is 4.90 Å². The van der Waals surface area contributed by atoms with Crippen molar-refractivity contribution in [3.63, 3.8) is 0 Å². The van der Waals surface area contributed by atoms with E-state index in [4.69, 9.17) is 9.47 Å². The second-order valence-corrected chi connectivity index (χ2v) is 6.78. The van der Waals surface area contributed by atoms with E-state index in [-0.39, 0.29) is 30.3 Å². The lowest BCUT2D eigenvalue weighted by atomic mass is 10.1. The molecule has 3 rings (SSSR count). The summed E-state index contributed by atoms with van der Waals surface area (Å²) < 4.78 is 50.3. The summed E-state index contributed by atoms with van der Waals surface area (Å²) in [6, 6.07) is 6.24. The molecule has 1 amide bonds. The summed E-state index contributed by atoms with van der Waals surface area (Å²) >= 11 is 0. The van der Waals surface area contributed by atoms with Gasteiger partial charge in [-0.05, 0) is 24.3 Å². The molecule has 1 N–H and O–H groups in total. The number of para-hydroxylation sites is 1. The Morgan fingerprint density at radius 2 is 1.92 bits per heavy atom. The molecule has 1 aliphatic rings.